The summed E-state index contributed by atoms with van der Waals surface area (Å²) in [7, 11) is 0. The molecule has 3 heterocycles. The molecule has 0 N–H and O–H groups in total. The van der Waals surface area contributed by atoms with E-state index >= 15 is 0 Å². The third-order valence-electron chi connectivity index (χ3n) is 3.91. The minimum absolute atomic E-state index is 0.698. The molecule has 1 aromatic carbocycles. The molecule has 25 heavy (non-hydrogen) atoms. The summed E-state index contributed by atoms with van der Waals surface area (Å²) >= 11 is 3.51. The van der Waals surface area contributed by atoms with E-state index in [1.807, 2.05) is 47.0 Å². The molecule has 0 radical (unpaired) electrons. The van der Waals surface area contributed by atoms with E-state index in [4.69, 9.17) is 0 Å². The van der Waals surface area contributed by atoms with Crippen molar-refractivity contribution in [2.24, 2.45) is 0 Å². The molecular weight excluding hydrogens is 378 g/mol. The van der Waals surface area contributed by atoms with Crippen LogP contribution in [-0.2, 0) is 0 Å². The topological polar surface area (TPSA) is 56.5 Å². The van der Waals surface area contributed by atoms with E-state index in [-0.39, 0.29) is 0 Å². The van der Waals surface area contributed by atoms with Gasteiger partial charge in [-0.1, -0.05) is 22.0 Å². The molecule has 6 heteroatoms. The van der Waals surface area contributed by atoms with Crippen LogP contribution in [0.4, 0.5) is 0 Å². The van der Waals surface area contributed by atoms with Crippen LogP contribution in [0.5, 0.6) is 0 Å². The standard InChI is InChI=1S/C19H14BrN5/c1-13-12-14(20)5-6-16(13)18-23-24-19(17-4-2-3-9-22-17)25(18)15-7-10-21-11-8-15/h2-12H,1H3. The molecule has 0 aliphatic rings. The summed E-state index contributed by atoms with van der Waals surface area (Å²) in [6, 6.07) is 15.8. The van der Waals surface area contributed by atoms with Crippen molar-refractivity contribution < 1.29 is 0 Å². The molecule has 0 unspecified atom stereocenters. The van der Waals surface area contributed by atoms with Gasteiger partial charge in [-0.15, -0.1) is 10.2 Å². The number of aryl methyl sites for hydroxylation is 1. The highest BCUT2D eigenvalue weighted by atomic mass is 79.9. The van der Waals surface area contributed by atoms with Crippen molar-refractivity contribution in [3.63, 3.8) is 0 Å². The van der Waals surface area contributed by atoms with Crippen LogP contribution in [0.25, 0.3) is 28.6 Å². The highest BCUT2D eigenvalue weighted by Gasteiger charge is 2.19. The fourth-order valence-electron chi connectivity index (χ4n) is 2.74. The summed E-state index contributed by atoms with van der Waals surface area (Å²) in [5.41, 5.74) is 3.85. The zero-order chi connectivity index (χ0) is 17.2. The Morgan fingerprint density at radius 3 is 2.40 bits per heavy atom. The van der Waals surface area contributed by atoms with E-state index in [0.717, 1.165) is 32.8 Å². The highest BCUT2D eigenvalue weighted by Crippen LogP contribution is 2.30. The highest BCUT2D eigenvalue weighted by molar-refractivity contribution is 9.10. The Hall–Kier alpha value is -2.86. The second-order valence-electron chi connectivity index (χ2n) is 5.56. The maximum atomic E-state index is 4.47. The maximum absolute atomic E-state index is 4.47. The van der Waals surface area contributed by atoms with Crippen LogP contribution >= 0.6 is 15.9 Å². The lowest BCUT2D eigenvalue weighted by Crippen LogP contribution is -2.02. The maximum Gasteiger partial charge on any atom is 0.187 e. The van der Waals surface area contributed by atoms with Gasteiger partial charge >= 0.3 is 0 Å². The van der Waals surface area contributed by atoms with E-state index in [1.54, 1.807) is 18.6 Å². The Morgan fingerprint density at radius 2 is 1.68 bits per heavy atom. The minimum atomic E-state index is 0.698. The fourth-order valence-corrected chi connectivity index (χ4v) is 3.21. The number of halogens is 1. The molecule has 0 atom stereocenters. The lowest BCUT2D eigenvalue weighted by atomic mass is 10.1. The summed E-state index contributed by atoms with van der Waals surface area (Å²) < 4.78 is 3.05. The molecule has 4 rings (SSSR count). The van der Waals surface area contributed by atoms with Gasteiger partial charge in [-0.2, -0.15) is 0 Å². The van der Waals surface area contributed by atoms with Crippen molar-refractivity contribution in [1.82, 2.24) is 24.7 Å². The van der Waals surface area contributed by atoms with Gasteiger partial charge in [0.05, 0.1) is 5.69 Å². The number of hydrogen-bond donors (Lipinski definition) is 0. The van der Waals surface area contributed by atoms with Crippen molar-refractivity contribution in [3.05, 3.63) is 77.2 Å². The van der Waals surface area contributed by atoms with Crippen LogP contribution in [0, 0.1) is 6.92 Å². The SMILES string of the molecule is Cc1cc(Br)ccc1-c1nnc(-c2ccccn2)n1-c1ccncc1. The lowest BCUT2D eigenvalue weighted by molar-refractivity contribution is 1.05. The third-order valence-corrected chi connectivity index (χ3v) is 4.40. The number of hydrogen-bond acceptors (Lipinski definition) is 4. The lowest BCUT2D eigenvalue weighted by Gasteiger charge is -2.11. The first kappa shape index (κ1) is 15.7. The van der Waals surface area contributed by atoms with Gasteiger partial charge in [0.2, 0.25) is 0 Å². The smallest absolute Gasteiger partial charge is 0.187 e. The Morgan fingerprint density at radius 1 is 0.880 bits per heavy atom. The predicted molar refractivity (Wildman–Crippen MR) is 100 cm³/mol. The van der Waals surface area contributed by atoms with E-state index in [0.29, 0.717) is 5.82 Å². The molecule has 0 fully saturated rings. The monoisotopic (exact) mass is 391 g/mol. The van der Waals surface area contributed by atoms with Crippen molar-refractivity contribution in [2.75, 3.05) is 0 Å². The van der Waals surface area contributed by atoms with Crippen molar-refractivity contribution >= 4 is 15.9 Å². The second kappa shape index (κ2) is 6.57. The van der Waals surface area contributed by atoms with Crippen LogP contribution in [-0.4, -0.2) is 24.7 Å². The molecule has 0 aliphatic heterocycles. The number of rotatable bonds is 3. The summed E-state index contributed by atoms with van der Waals surface area (Å²) in [6.07, 6.45) is 5.27. The van der Waals surface area contributed by atoms with E-state index < -0.39 is 0 Å². The molecule has 3 aromatic heterocycles. The zero-order valence-electron chi connectivity index (χ0n) is 13.5. The number of pyridine rings is 2. The average molecular weight is 392 g/mol. The fraction of sp³-hybridized carbons (Fsp3) is 0.0526. The molecule has 0 saturated heterocycles. The van der Waals surface area contributed by atoms with Gasteiger partial charge in [0.25, 0.3) is 0 Å². The molecule has 4 aromatic rings. The average Bonchev–Trinajstić information content (AvgIpc) is 3.08. The molecule has 0 amide bonds. The Kier molecular flexibility index (Phi) is 4.11. The summed E-state index contributed by atoms with van der Waals surface area (Å²) in [5.74, 6) is 1.47. The van der Waals surface area contributed by atoms with Gasteiger partial charge in [-0.25, -0.2) is 0 Å². The second-order valence-corrected chi connectivity index (χ2v) is 6.48. The Bertz CT molecular complexity index is 1010. The van der Waals surface area contributed by atoms with Gasteiger partial charge in [0.15, 0.2) is 11.6 Å². The van der Waals surface area contributed by atoms with Gasteiger partial charge in [-0.05, 0) is 55.0 Å². The normalized spacial score (nSPS) is 10.8. The zero-order valence-corrected chi connectivity index (χ0v) is 15.1. The van der Waals surface area contributed by atoms with Crippen LogP contribution in [0.1, 0.15) is 5.56 Å². The quantitative estimate of drug-likeness (QED) is 0.517. The van der Waals surface area contributed by atoms with E-state index in [9.17, 15) is 0 Å². The van der Waals surface area contributed by atoms with Crippen LogP contribution < -0.4 is 0 Å². The molecule has 5 nitrogen and oxygen atoms in total. The van der Waals surface area contributed by atoms with Crippen LogP contribution in [0.15, 0.2) is 71.6 Å². The Balaban J connectivity index is 1.98. The number of aromatic nitrogens is 5. The summed E-state index contributed by atoms with van der Waals surface area (Å²) in [4.78, 5) is 8.55. The molecule has 0 spiro atoms. The Labute approximate surface area is 153 Å². The van der Waals surface area contributed by atoms with Gasteiger partial charge in [0.1, 0.15) is 5.69 Å². The predicted octanol–water partition coefficient (Wildman–Crippen LogP) is 4.46. The minimum Gasteiger partial charge on any atom is -0.274 e. The third kappa shape index (κ3) is 2.96. The van der Waals surface area contributed by atoms with Crippen molar-refractivity contribution in [2.45, 2.75) is 6.92 Å². The van der Waals surface area contributed by atoms with Gasteiger partial charge < -0.3 is 0 Å². The number of nitrogens with zero attached hydrogens (tertiary/aromatic N) is 5. The molecular formula is C19H14BrN5. The summed E-state index contributed by atoms with van der Waals surface area (Å²) in [6.45, 7) is 2.06. The van der Waals surface area contributed by atoms with Crippen molar-refractivity contribution in [3.8, 4) is 28.6 Å². The number of benzene rings is 1. The first-order valence-corrected chi connectivity index (χ1v) is 8.57. The first-order valence-electron chi connectivity index (χ1n) is 7.78. The first-order chi connectivity index (χ1) is 12.2. The van der Waals surface area contributed by atoms with Crippen LogP contribution in [0.2, 0.25) is 0 Å². The molecule has 122 valence electrons. The molecule has 0 aliphatic carbocycles. The molecule has 0 saturated carbocycles. The van der Waals surface area contributed by atoms with E-state index in [2.05, 4.69) is 49.1 Å². The van der Waals surface area contributed by atoms with E-state index in [1.165, 1.54) is 0 Å². The van der Waals surface area contributed by atoms with Gasteiger partial charge in [-0.3, -0.25) is 14.5 Å². The largest absolute Gasteiger partial charge is 0.274 e. The molecule has 0 bridgehead atoms. The van der Waals surface area contributed by atoms with Crippen LogP contribution in [0.3, 0.4) is 0 Å². The van der Waals surface area contributed by atoms with Crippen molar-refractivity contribution in [1.29, 1.82) is 0 Å². The van der Waals surface area contributed by atoms with Gasteiger partial charge in [0, 0.05) is 28.6 Å². The summed E-state index contributed by atoms with van der Waals surface area (Å²) in [5, 5.41) is 8.89.